The van der Waals surface area contributed by atoms with Gasteiger partial charge in [-0.3, -0.25) is 9.59 Å². The zero-order valence-corrected chi connectivity index (χ0v) is 12.2. The SMILES string of the molecule is CC(C)NC(=O)C(C)NC(=O)CC1CCCC(N)C1. The fourth-order valence-electron chi connectivity index (χ4n) is 2.56. The summed E-state index contributed by atoms with van der Waals surface area (Å²) < 4.78 is 0. The highest BCUT2D eigenvalue weighted by Crippen LogP contribution is 2.25. The highest BCUT2D eigenvalue weighted by atomic mass is 16.2. The van der Waals surface area contributed by atoms with E-state index in [0.29, 0.717) is 12.3 Å². The van der Waals surface area contributed by atoms with E-state index < -0.39 is 6.04 Å². The molecule has 0 radical (unpaired) electrons. The van der Waals surface area contributed by atoms with Crippen LogP contribution in [0.2, 0.25) is 0 Å². The second-order valence-corrected chi connectivity index (χ2v) is 5.95. The maximum atomic E-state index is 11.9. The van der Waals surface area contributed by atoms with E-state index in [1.807, 2.05) is 13.8 Å². The quantitative estimate of drug-likeness (QED) is 0.694. The summed E-state index contributed by atoms with van der Waals surface area (Å²) in [5, 5.41) is 5.54. The van der Waals surface area contributed by atoms with Crippen LogP contribution < -0.4 is 16.4 Å². The third-order valence-electron chi connectivity index (χ3n) is 3.50. The van der Waals surface area contributed by atoms with Crippen LogP contribution in [0.15, 0.2) is 0 Å². The van der Waals surface area contributed by atoms with Crippen molar-refractivity contribution in [2.24, 2.45) is 11.7 Å². The maximum Gasteiger partial charge on any atom is 0.242 e. The Labute approximate surface area is 115 Å². The Kier molecular flexibility index (Phi) is 6.28. The van der Waals surface area contributed by atoms with E-state index >= 15 is 0 Å². The van der Waals surface area contributed by atoms with E-state index in [4.69, 9.17) is 5.73 Å². The molecule has 0 aliphatic heterocycles. The number of nitrogens with two attached hydrogens (primary N) is 1. The van der Waals surface area contributed by atoms with Crippen molar-refractivity contribution in [3.05, 3.63) is 0 Å². The largest absolute Gasteiger partial charge is 0.352 e. The van der Waals surface area contributed by atoms with Gasteiger partial charge in [-0.1, -0.05) is 6.42 Å². The number of nitrogens with one attached hydrogen (secondary N) is 2. The van der Waals surface area contributed by atoms with Gasteiger partial charge in [-0.25, -0.2) is 0 Å². The number of rotatable bonds is 5. The minimum absolute atomic E-state index is 0.0505. The summed E-state index contributed by atoms with van der Waals surface area (Å²) in [4.78, 5) is 23.6. The van der Waals surface area contributed by atoms with Gasteiger partial charge in [-0.15, -0.1) is 0 Å². The lowest BCUT2D eigenvalue weighted by molar-refractivity contribution is -0.129. The van der Waals surface area contributed by atoms with Gasteiger partial charge < -0.3 is 16.4 Å². The number of carbonyl (C=O) groups excluding carboxylic acids is 2. The van der Waals surface area contributed by atoms with Crippen LogP contribution in [0.3, 0.4) is 0 Å². The Hall–Kier alpha value is -1.10. The highest BCUT2D eigenvalue weighted by molar-refractivity contribution is 5.87. The molecule has 5 nitrogen and oxygen atoms in total. The van der Waals surface area contributed by atoms with E-state index in [0.717, 1.165) is 25.7 Å². The number of amides is 2. The summed E-state index contributed by atoms with van der Waals surface area (Å²) in [5.74, 6) is 0.179. The first kappa shape index (κ1) is 16.0. The van der Waals surface area contributed by atoms with Crippen LogP contribution in [-0.4, -0.2) is 29.9 Å². The third kappa shape index (κ3) is 6.05. The molecule has 3 unspecified atom stereocenters. The molecule has 4 N–H and O–H groups in total. The molecular weight excluding hydrogens is 242 g/mol. The molecule has 19 heavy (non-hydrogen) atoms. The lowest BCUT2D eigenvalue weighted by Crippen LogP contribution is -2.47. The molecule has 0 aromatic carbocycles. The zero-order valence-electron chi connectivity index (χ0n) is 12.2. The van der Waals surface area contributed by atoms with Crippen LogP contribution in [0, 0.1) is 5.92 Å². The predicted octanol–water partition coefficient (Wildman–Crippen LogP) is 0.923. The number of hydrogen-bond donors (Lipinski definition) is 3. The fourth-order valence-corrected chi connectivity index (χ4v) is 2.56. The average molecular weight is 269 g/mol. The minimum Gasteiger partial charge on any atom is -0.352 e. The lowest BCUT2D eigenvalue weighted by Gasteiger charge is -2.26. The van der Waals surface area contributed by atoms with Crippen LogP contribution in [0.25, 0.3) is 0 Å². The molecule has 3 atom stereocenters. The standard InChI is InChI=1S/C14H27N3O2/c1-9(2)16-14(19)10(3)17-13(18)8-11-5-4-6-12(15)7-11/h9-12H,4-8,15H2,1-3H3,(H,16,19)(H,17,18). The van der Waals surface area contributed by atoms with Crippen molar-refractivity contribution in [1.29, 1.82) is 0 Å². The number of hydrogen-bond acceptors (Lipinski definition) is 3. The smallest absolute Gasteiger partial charge is 0.242 e. The summed E-state index contributed by atoms with van der Waals surface area (Å²) in [6, 6.07) is -0.163. The molecule has 0 aromatic rings. The van der Waals surface area contributed by atoms with Gasteiger partial charge in [0.15, 0.2) is 0 Å². The minimum atomic E-state index is -0.479. The normalized spacial score (nSPS) is 24.9. The molecule has 5 heteroatoms. The molecule has 0 aromatic heterocycles. The Morgan fingerprint density at radius 3 is 2.47 bits per heavy atom. The van der Waals surface area contributed by atoms with Gasteiger partial charge in [0, 0.05) is 18.5 Å². The maximum absolute atomic E-state index is 11.9. The fraction of sp³-hybridized carbons (Fsp3) is 0.857. The van der Waals surface area contributed by atoms with E-state index in [1.165, 1.54) is 0 Å². The van der Waals surface area contributed by atoms with Crippen molar-refractivity contribution < 1.29 is 9.59 Å². The molecular formula is C14H27N3O2. The first-order chi connectivity index (χ1) is 8.88. The molecule has 0 heterocycles. The van der Waals surface area contributed by atoms with Gasteiger partial charge in [0.2, 0.25) is 11.8 Å². The van der Waals surface area contributed by atoms with Crippen molar-refractivity contribution in [3.8, 4) is 0 Å². The van der Waals surface area contributed by atoms with Crippen molar-refractivity contribution >= 4 is 11.8 Å². The first-order valence-corrected chi connectivity index (χ1v) is 7.23. The van der Waals surface area contributed by atoms with Crippen LogP contribution >= 0.6 is 0 Å². The molecule has 0 spiro atoms. The van der Waals surface area contributed by atoms with E-state index in [-0.39, 0.29) is 23.9 Å². The van der Waals surface area contributed by atoms with Gasteiger partial charge in [-0.2, -0.15) is 0 Å². The van der Waals surface area contributed by atoms with Gasteiger partial charge in [0.05, 0.1) is 0 Å². The van der Waals surface area contributed by atoms with Crippen molar-refractivity contribution in [2.75, 3.05) is 0 Å². The van der Waals surface area contributed by atoms with Gasteiger partial charge in [-0.05, 0) is 46.0 Å². The van der Waals surface area contributed by atoms with Gasteiger partial charge in [0.1, 0.15) is 6.04 Å². The second kappa shape index (κ2) is 7.48. The second-order valence-electron chi connectivity index (χ2n) is 5.95. The predicted molar refractivity (Wildman–Crippen MR) is 75.4 cm³/mol. The molecule has 0 saturated heterocycles. The molecule has 1 fully saturated rings. The third-order valence-corrected chi connectivity index (χ3v) is 3.50. The van der Waals surface area contributed by atoms with E-state index in [1.54, 1.807) is 6.92 Å². The molecule has 1 saturated carbocycles. The first-order valence-electron chi connectivity index (χ1n) is 7.23. The van der Waals surface area contributed by atoms with E-state index in [9.17, 15) is 9.59 Å². The Morgan fingerprint density at radius 1 is 1.21 bits per heavy atom. The van der Waals surface area contributed by atoms with Crippen LogP contribution in [0.5, 0.6) is 0 Å². The van der Waals surface area contributed by atoms with Crippen molar-refractivity contribution in [1.82, 2.24) is 10.6 Å². The summed E-state index contributed by atoms with van der Waals surface area (Å²) in [6.45, 7) is 5.51. The summed E-state index contributed by atoms with van der Waals surface area (Å²) >= 11 is 0. The molecule has 1 rings (SSSR count). The summed E-state index contributed by atoms with van der Waals surface area (Å²) in [6.07, 6.45) is 4.62. The zero-order chi connectivity index (χ0) is 14.4. The molecule has 1 aliphatic carbocycles. The monoisotopic (exact) mass is 269 g/mol. The summed E-state index contributed by atoms with van der Waals surface area (Å²) in [5.41, 5.74) is 5.91. The Balaban J connectivity index is 2.31. The van der Waals surface area contributed by atoms with Crippen LogP contribution in [-0.2, 0) is 9.59 Å². The Bertz CT molecular complexity index is 318. The molecule has 2 amide bonds. The summed E-state index contributed by atoms with van der Waals surface area (Å²) in [7, 11) is 0. The lowest BCUT2D eigenvalue weighted by atomic mass is 9.84. The van der Waals surface area contributed by atoms with Gasteiger partial charge in [0.25, 0.3) is 0 Å². The molecule has 0 bridgehead atoms. The van der Waals surface area contributed by atoms with Crippen molar-refractivity contribution in [3.63, 3.8) is 0 Å². The van der Waals surface area contributed by atoms with Crippen LogP contribution in [0.1, 0.15) is 52.9 Å². The highest BCUT2D eigenvalue weighted by Gasteiger charge is 2.23. The van der Waals surface area contributed by atoms with Gasteiger partial charge >= 0.3 is 0 Å². The topological polar surface area (TPSA) is 84.2 Å². The van der Waals surface area contributed by atoms with Crippen molar-refractivity contribution in [2.45, 2.75) is 71.0 Å². The average Bonchev–Trinajstić information content (AvgIpc) is 2.27. The van der Waals surface area contributed by atoms with Crippen LogP contribution in [0.4, 0.5) is 0 Å². The van der Waals surface area contributed by atoms with E-state index in [2.05, 4.69) is 10.6 Å². The number of carbonyl (C=O) groups is 2. The molecule has 110 valence electrons. The Morgan fingerprint density at radius 2 is 1.89 bits per heavy atom. The molecule has 1 aliphatic rings.